The molecule has 1 unspecified atom stereocenters. The van der Waals surface area contributed by atoms with Gasteiger partial charge in [0, 0.05) is 39.0 Å². The van der Waals surface area contributed by atoms with E-state index in [4.69, 9.17) is 5.73 Å². The maximum Gasteiger partial charge on any atom is 0.217 e. The highest BCUT2D eigenvalue weighted by molar-refractivity contribution is 5.80. The molecule has 2 aromatic heterocycles. The first-order valence-corrected chi connectivity index (χ1v) is 8.73. The number of nitrogens with two attached hydrogens (primary N) is 1. The number of pyridine rings is 1. The van der Waals surface area contributed by atoms with Gasteiger partial charge in [0.05, 0.1) is 12.2 Å². The van der Waals surface area contributed by atoms with E-state index >= 15 is 0 Å². The van der Waals surface area contributed by atoms with E-state index in [1.807, 2.05) is 16.8 Å². The number of nitrogens with one attached hydrogen (secondary N) is 1. The zero-order valence-corrected chi connectivity index (χ0v) is 14.9. The summed E-state index contributed by atoms with van der Waals surface area (Å²) in [5, 5.41) is 3.39. The molecule has 0 aliphatic carbocycles. The zero-order valence-electron chi connectivity index (χ0n) is 14.9. The molecule has 3 rings (SSSR count). The lowest BCUT2D eigenvalue weighted by atomic mass is 9.95. The number of amides is 1. The van der Waals surface area contributed by atoms with Crippen LogP contribution in [0.4, 0.5) is 0 Å². The van der Waals surface area contributed by atoms with Crippen molar-refractivity contribution in [3.63, 3.8) is 0 Å². The van der Waals surface area contributed by atoms with Crippen molar-refractivity contribution in [2.45, 2.75) is 32.7 Å². The van der Waals surface area contributed by atoms with Crippen LogP contribution >= 0.6 is 0 Å². The van der Waals surface area contributed by atoms with E-state index < -0.39 is 0 Å². The van der Waals surface area contributed by atoms with Crippen molar-refractivity contribution < 1.29 is 4.79 Å². The second kappa shape index (κ2) is 7.55. The zero-order chi connectivity index (χ0) is 17.8. The number of guanidine groups is 1. The average Bonchev–Trinajstić information content (AvgIpc) is 2.97. The van der Waals surface area contributed by atoms with Crippen molar-refractivity contribution in [2.75, 3.05) is 20.1 Å². The number of primary amides is 1. The Morgan fingerprint density at radius 1 is 1.52 bits per heavy atom. The van der Waals surface area contributed by atoms with Gasteiger partial charge in [0.15, 0.2) is 5.96 Å². The number of piperidine rings is 1. The maximum absolute atomic E-state index is 11.2. The lowest BCUT2D eigenvalue weighted by Gasteiger charge is -2.34. The van der Waals surface area contributed by atoms with E-state index in [0.29, 0.717) is 18.9 Å². The van der Waals surface area contributed by atoms with Crippen molar-refractivity contribution in [1.82, 2.24) is 19.6 Å². The number of aliphatic imine (C=N–C) groups is 1. The molecular formula is C18H26N6O. The molecule has 2 aromatic rings. The molecule has 7 heteroatoms. The van der Waals surface area contributed by atoms with Crippen LogP contribution in [-0.4, -0.2) is 46.3 Å². The molecule has 7 nitrogen and oxygen atoms in total. The van der Waals surface area contributed by atoms with Crippen LogP contribution in [0.25, 0.3) is 5.65 Å². The molecule has 134 valence electrons. The number of aromatic nitrogens is 2. The second-order valence-corrected chi connectivity index (χ2v) is 6.73. The minimum atomic E-state index is -0.227. The first kappa shape index (κ1) is 17.3. The fourth-order valence-corrected chi connectivity index (χ4v) is 3.43. The molecule has 0 saturated carbocycles. The van der Waals surface area contributed by atoms with Crippen LogP contribution in [0.1, 0.15) is 30.5 Å². The molecule has 1 fully saturated rings. The lowest BCUT2D eigenvalue weighted by molar-refractivity contribution is -0.119. The number of nitrogens with zero attached hydrogens (tertiary/aromatic N) is 4. The Morgan fingerprint density at radius 3 is 3.12 bits per heavy atom. The van der Waals surface area contributed by atoms with Crippen LogP contribution in [0.3, 0.4) is 0 Å². The monoisotopic (exact) mass is 342 g/mol. The predicted molar refractivity (Wildman–Crippen MR) is 98.2 cm³/mol. The molecule has 1 atom stereocenters. The van der Waals surface area contributed by atoms with E-state index in [9.17, 15) is 4.79 Å². The van der Waals surface area contributed by atoms with Gasteiger partial charge in [0.1, 0.15) is 5.65 Å². The average molecular weight is 342 g/mol. The van der Waals surface area contributed by atoms with Gasteiger partial charge < -0.3 is 20.4 Å². The minimum absolute atomic E-state index is 0.227. The molecule has 0 radical (unpaired) electrons. The molecule has 1 aliphatic rings. The van der Waals surface area contributed by atoms with Gasteiger partial charge >= 0.3 is 0 Å². The minimum Gasteiger partial charge on any atom is -0.370 e. The third-order valence-corrected chi connectivity index (χ3v) is 4.61. The Balaban J connectivity index is 1.62. The van der Waals surface area contributed by atoms with Gasteiger partial charge in [-0.2, -0.15) is 0 Å². The number of hydrogen-bond donors (Lipinski definition) is 2. The number of likely N-dealkylation sites (tertiary alicyclic amines) is 1. The van der Waals surface area contributed by atoms with E-state index in [1.165, 1.54) is 5.56 Å². The molecule has 0 bridgehead atoms. The normalized spacial score (nSPS) is 18.6. The molecule has 3 heterocycles. The predicted octanol–water partition coefficient (Wildman–Crippen LogP) is 1.31. The van der Waals surface area contributed by atoms with Gasteiger partial charge in [-0.05, 0) is 43.4 Å². The largest absolute Gasteiger partial charge is 0.370 e. The summed E-state index contributed by atoms with van der Waals surface area (Å²) in [6.45, 7) is 4.43. The summed E-state index contributed by atoms with van der Waals surface area (Å²) in [7, 11) is 1.78. The van der Waals surface area contributed by atoms with Crippen molar-refractivity contribution in [2.24, 2.45) is 16.6 Å². The summed E-state index contributed by atoms with van der Waals surface area (Å²) in [5.74, 6) is 0.931. The highest BCUT2D eigenvalue weighted by atomic mass is 16.1. The Bertz CT molecular complexity index is 781. The quantitative estimate of drug-likeness (QED) is 0.648. The fraction of sp³-hybridized carbons (Fsp3) is 0.500. The first-order valence-electron chi connectivity index (χ1n) is 8.73. The molecular weight excluding hydrogens is 316 g/mol. The number of carbonyl (C=O) groups is 1. The van der Waals surface area contributed by atoms with Gasteiger partial charge in [-0.15, -0.1) is 0 Å². The van der Waals surface area contributed by atoms with Crippen molar-refractivity contribution in [1.29, 1.82) is 0 Å². The first-order chi connectivity index (χ1) is 12.0. The van der Waals surface area contributed by atoms with Crippen LogP contribution in [-0.2, 0) is 11.3 Å². The number of aryl methyl sites for hydroxylation is 1. The van der Waals surface area contributed by atoms with Crippen molar-refractivity contribution in [3.8, 4) is 0 Å². The summed E-state index contributed by atoms with van der Waals surface area (Å²) in [6.07, 6.45) is 6.59. The summed E-state index contributed by atoms with van der Waals surface area (Å²) < 4.78 is 2.02. The molecule has 1 saturated heterocycles. The van der Waals surface area contributed by atoms with E-state index in [-0.39, 0.29) is 5.91 Å². The van der Waals surface area contributed by atoms with Crippen LogP contribution in [0.2, 0.25) is 0 Å². The highest BCUT2D eigenvalue weighted by Crippen LogP contribution is 2.19. The topological polar surface area (TPSA) is 88.0 Å². The summed E-state index contributed by atoms with van der Waals surface area (Å²) in [6, 6.07) is 4.13. The molecule has 1 amide bonds. The van der Waals surface area contributed by atoms with Gasteiger partial charge in [-0.25, -0.2) is 4.98 Å². The Hall–Kier alpha value is -2.57. The Labute approximate surface area is 147 Å². The standard InChI is InChI=1S/C18H26N6O/c1-13-5-7-23-12-15(22-17(23)8-13)10-21-18(20-2)24-6-3-4-14(11-24)9-16(19)25/h5,7-8,12,14H,3-4,6,9-11H2,1-2H3,(H2,19,25)(H,20,21). The lowest BCUT2D eigenvalue weighted by Crippen LogP contribution is -2.46. The number of fused-ring (bicyclic) bond motifs is 1. The van der Waals surface area contributed by atoms with Gasteiger partial charge in [-0.3, -0.25) is 9.79 Å². The van der Waals surface area contributed by atoms with Gasteiger partial charge in [-0.1, -0.05) is 0 Å². The van der Waals surface area contributed by atoms with E-state index in [0.717, 1.165) is 43.2 Å². The van der Waals surface area contributed by atoms with Crippen molar-refractivity contribution >= 4 is 17.5 Å². The highest BCUT2D eigenvalue weighted by Gasteiger charge is 2.23. The third kappa shape index (κ3) is 4.29. The second-order valence-electron chi connectivity index (χ2n) is 6.73. The number of carbonyl (C=O) groups excluding carboxylic acids is 1. The Kier molecular flexibility index (Phi) is 5.21. The smallest absolute Gasteiger partial charge is 0.217 e. The Morgan fingerprint density at radius 2 is 2.36 bits per heavy atom. The number of rotatable bonds is 4. The van der Waals surface area contributed by atoms with Crippen molar-refractivity contribution in [3.05, 3.63) is 35.8 Å². The fourth-order valence-electron chi connectivity index (χ4n) is 3.43. The SMILES string of the molecule is CN=C(NCc1cn2ccc(C)cc2n1)N1CCCC(CC(N)=O)C1. The van der Waals surface area contributed by atoms with E-state index in [1.54, 1.807) is 7.05 Å². The van der Waals surface area contributed by atoms with Crippen LogP contribution in [0.15, 0.2) is 29.5 Å². The van der Waals surface area contributed by atoms with Gasteiger partial charge in [0.25, 0.3) is 0 Å². The molecule has 3 N–H and O–H groups in total. The summed E-state index contributed by atoms with van der Waals surface area (Å²) in [4.78, 5) is 22.4. The van der Waals surface area contributed by atoms with E-state index in [2.05, 4.69) is 39.2 Å². The summed E-state index contributed by atoms with van der Waals surface area (Å²) in [5.41, 5.74) is 8.46. The molecule has 25 heavy (non-hydrogen) atoms. The number of imidazole rings is 1. The van der Waals surface area contributed by atoms with Crippen LogP contribution < -0.4 is 11.1 Å². The maximum atomic E-state index is 11.2. The molecule has 1 aliphatic heterocycles. The van der Waals surface area contributed by atoms with Crippen LogP contribution in [0, 0.1) is 12.8 Å². The van der Waals surface area contributed by atoms with Crippen LogP contribution in [0.5, 0.6) is 0 Å². The summed E-state index contributed by atoms with van der Waals surface area (Å²) >= 11 is 0. The molecule has 0 spiro atoms. The molecule has 0 aromatic carbocycles. The number of hydrogen-bond acceptors (Lipinski definition) is 3. The van der Waals surface area contributed by atoms with Gasteiger partial charge in [0.2, 0.25) is 5.91 Å². The third-order valence-electron chi connectivity index (χ3n) is 4.61.